The Morgan fingerprint density at radius 2 is 2.00 bits per heavy atom. The summed E-state index contributed by atoms with van der Waals surface area (Å²) in [6, 6.07) is -0.874. The van der Waals surface area contributed by atoms with Gasteiger partial charge in [0.15, 0.2) is 0 Å². The van der Waals surface area contributed by atoms with Gasteiger partial charge < -0.3 is 22.8 Å². The molecule has 4 nitrogen and oxygen atoms in total. The number of aliphatic carboxylic acids is 1. The van der Waals surface area contributed by atoms with E-state index in [0.29, 0.717) is 0 Å². The van der Waals surface area contributed by atoms with Crippen LogP contribution < -0.4 is 47.3 Å². The maximum atomic E-state index is 10.3. The van der Waals surface area contributed by atoms with E-state index in [1.807, 2.05) is 0 Å². The number of carboxylic acids is 1. The number of hydrogen-bond donors (Lipinski definition) is 3. The molecule has 2 N–H and O–H groups in total. The maximum absolute atomic E-state index is 10.3. The quantitative estimate of drug-likeness (QED) is 0.328. The molecule has 7 heteroatoms. The second-order valence-electron chi connectivity index (χ2n) is 1.77. The van der Waals surface area contributed by atoms with Crippen molar-refractivity contribution in [2.45, 2.75) is 13.0 Å². The molecule has 0 aliphatic heterocycles. The minimum absolute atomic E-state index is 0. The van der Waals surface area contributed by atoms with Crippen LogP contribution in [0.5, 0.6) is 0 Å². The van der Waals surface area contributed by atoms with Crippen LogP contribution in [0.1, 0.15) is 6.92 Å². The van der Waals surface area contributed by atoms with Crippen molar-refractivity contribution in [3.63, 3.8) is 0 Å². The van der Waals surface area contributed by atoms with Crippen molar-refractivity contribution < 1.29 is 56.7 Å². The molecule has 0 rings (SSSR count). The smallest absolute Gasteiger partial charge is 1.00 e. The van der Waals surface area contributed by atoms with E-state index in [9.17, 15) is 9.59 Å². The standard InChI is InChI=1S/C5H9NO3S.ClH.Na/c1-3(7)6-4(2-10)5(8)9;;/h4,10H,2H2,1H3,(H,6,7)(H,8,9);1H;/q;;+1/p-1. The van der Waals surface area contributed by atoms with Crippen LogP contribution in [0, 0.1) is 0 Å². The first kappa shape index (κ1) is 18.4. The number of thiol groups is 1. The van der Waals surface area contributed by atoms with Crippen molar-refractivity contribution >= 4 is 24.5 Å². The van der Waals surface area contributed by atoms with Gasteiger partial charge >= 0.3 is 35.5 Å². The Hall–Kier alpha value is 0.580. The van der Waals surface area contributed by atoms with Crippen molar-refractivity contribution in [2.75, 3.05) is 5.75 Å². The molecule has 0 saturated carbocycles. The van der Waals surface area contributed by atoms with Crippen LogP contribution in [0.3, 0.4) is 0 Å². The first-order valence-electron chi connectivity index (χ1n) is 2.68. The van der Waals surface area contributed by atoms with Gasteiger partial charge in [0.25, 0.3) is 0 Å². The fraction of sp³-hybridized carbons (Fsp3) is 0.600. The number of carbonyl (C=O) groups is 2. The molecule has 0 fully saturated rings. The SMILES string of the molecule is CC(=O)NC(CS)C(=O)O.[Cl-].[Na+]. The second kappa shape index (κ2) is 9.67. The van der Waals surface area contributed by atoms with Gasteiger partial charge in [-0.3, -0.25) is 4.79 Å². The van der Waals surface area contributed by atoms with Crippen LogP contribution >= 0.6 is 12.6 Å². The zero-order chi connectivity index (χ0) is 8.15. The molecule has 0 aromatic carbocycles. The summed E-state index contributed by atoms with van der Waals surface area (Å²) in [6.45, 7) is 1.26. The zero-order valence-corrected chi connectivity index (χ0v) is 10.5. The Morgan fingerprint density at radius 3 is 2.08 bits per heavy atom. The van der Waals surface area contributed by atoms with Crippen molar-refractivity contribution in [1.82, 2.24) is 5.32 Å². The van der Waals surface area contributed by atoms with E-state index in [4.69, 9.17) is 5.11 Å². The van der Waals surface area contributed by atoms with Crippen LogP contribution in [0.25, 0.3) is 0 Å². The molecule has 66 valence electrons. The minimum Gasteiger partial charge on any atom is -1.00 e. The van der Waals surface area contributed by atoms with Gasteiger partial charge in [0.1, 0.15) is 6.04 Å². The average Bonchev–Trinajstić information content (AvgIpc) is 1.81. The molecule has 0 aromatic heterocycles. The third kappa shape index (κ3) is 8.67. The van der Waals surface area contributed by atoms with Crippen molar-refractivity contribution in [3.8, 4) is 0 Å². The summed E-state index contributed by atoms with van der Waals surface area (Å²) in [6.07, 6.45) is 0. The summed E-state index contributed by atoms with van der Waals surface area (Å²) in [4.78, 5) is 20.5. The number of carboxylic acid groups (broad SMARTS) is 1. The third-order valence-corrected chi connectivity index (χ3v) is 1.22. The number of hydrogen-bond acceptors (Lipinski definition) is 3. The van der Waals surface area contributed by atoms with Gasteiger partial charge in [0, 0.05) is 12.7 Å². The molecule has 0 bridgehead atoms. The number of carbonyl (C=O) groups excluding carboxylic acids is 1. The van der Waals surface area contributed by atoms with E-state index in [1.165, 1.54) is 6.92 Å². The second-order valence-corrected chi connectivity index (χ2v) is 2.14. The van der Waals surface area contributed by atoms with Crippen LogP contribution in [0.15, 0.2) is 0 Å². The van der Waals surface area contributed by atoms with Crippen LogP contribution in [-0.2, 0) is 9.59 Å². The Labute approximate surface area is 105 Å². The molecule has 1 atom stereocenters. The van der Waals surface area contributed by atoms with Crippen molar-refractivity contribution in [1.29, 1.82) is 0 Å². The molecule has 0 spiro atoms. The Bertz CT molecular complexity index is 158. The van der Waals surface area contributed by atoms with Crippen molar-refractivity contribution in [3.05, 3.63) is 0 Å². The molecule has 0 heterocycles. The Morgan fingerprint density at radius 1 is 1.58 bits per heavy atom. The minimum atomic E-state index is -1.06. The normalized spacial score (nSPS) is 10.2. The van der Waals surface area contributed by atoms with E-state index in [-0.39, 0.29) is 53.6 Å². The molecular weight excluding hydrogens is 213 g/mol. The predicted molar refractivity (Wildman–Crippen MR) is 39.1 cm³/mol. The summed E-state index contributed by atoms with van der Waals surface area (Å²) < 4.78 is 0. The number of halogens is 1. The summed E-state index contributed by atoms with van der Waals surface area (Å²) in [5.41, 5.74) is 0. The van der Waals surface area contributed by atoms with Gasteiger partial charge in [-0.25, -0.2) is 4.79 Å². The molecule has 0 saturated heterocycles. The fourth-order valence-corrected chi connectivity index (χ4v) is 0.678. The molecular formula is C5H9ClNNaO3S. The molecule has 0 aromatic rings. The first-order valence-corrected chi connectivity index (χ1v) is 3.32. The average molecular weight is 222 g/mol. The van der Waals surface area contributed by atoms with Crippen LogP contribution in [0.4, 0.5) is 0 Å². The number of amides is 1. The third-order valence-electron chi connectivity index (χ3n) is 0.858. The Balaban J connectivity index is -0.000000405. The summed E-state index contributed by atoms with van der Waals surface area (Å²) in [5.74, 6) is -1.32. The van der Waals surface area contributed by atoms with Gasteiger partial charge in [0.2, 0.25) is 5.91 Å². The Kier molecular flexibility index (Phi) is 14.8. The fourth-order valence-electron chi connectivity index (χ4n) is 0.431. The molecule has 1 amide bonds. The molecule has 0 aliphatic carbocycles. The molecule has 0 aliphatic rings. The van der Waals surface area contributed by atoms with Crippen molar-refractivity contribution in [2.24, 2.45) is 0 Å². The molecule has 1 unspecified atom stereocenters. The van der Waals surface area contributed by atoms with Crippen LogP contribution in [0.2, 0.25) is 0 Å². The zero-order valence-electron chi connectivity index (χ0n) is 6.87. The van der Waals surface area contributed by atoms with Gasteiger partial charge in [-0.15, -0.1) is 0 Å². The summed E-state index contributed by atoms with van der Waals surface area (Å²) in [7, 11) is 0. The van der Waals surface area contributed by atoms with Gasteiger partial charge in [-0.05, 0) is 0 Å². The van der Waals surface area contributed by atoms with E-state index in [1.54, 1.807) is 0 Å². The topological polar surface area (TPSA) is 66.4 Å². The maximum Gasteiger partial charge on any atom is 1.00 e. The van der Waals surface area contributed by atoms with Crippen LogP contribution in [-0.4, -0.2) is 28.8 Å². The van der Waals surface area contributed by atoms with Gasteiger partial charge in [-0.1, -0.05) is 0 Å². The van der Waals surface area contributed by atoms with E-state index in [2.05, 4.69) is 17.9 Å². The van der Waals surface area contributed by atoms with Gasteiger partial charge in [-0.2, -0.15) is 12.6 Å². The largest absolute Gasteiger partial charge is 1.00 e. The van der Waals surface area contributed by atoms with E-state index in [0.717, 1.165) is 0 Å². The number of rotatable bonds is 3. The summed E-state index contributed by atoms with van der Waals surface area (Å²) >= 11 is 3.73. The van der Waals surface area contributed by atoms with E-state index < -0.39 is 12.0 Å². The summed E-state index contributed by atoms with van der Waals surface area (Å²) in [5, 5.41) is 10.6. The molecule has 12 heavy (non-hydrogen) atoms. The monoisotopic (exact) mass is 221 g/mol. The molecule has 0 radical (unpaired) electrons. The predicted octanol–water partition coefficient (Wildman–Crippen LogP) is -6.49. The number of nitrogens with one attached hydrogen (secondary N) is 1. The van der Waals surface area contributed by atoms with Gasteiger partial charge in [0.05, 0.1) is 0 Å². The first-order chi connectivity index (χ1) is 4.57. The van der Waals surface area contributed by atoms with E-state index >= 15 is 0 Å².